The van der Waals surface area contributed by atoms with Gasteiger partial charge in [0.05, 0.1) is 18.6 Å². The number of halogens is 1. The van der Waals surface area contributed by atoms with Gasteiger partial charge in [-0.25, -0.2) is 0 Å². The summed E-state index contributed by atoms with van der Waals surface area (Å²) in [6, 6.07) is 14.1. The molecule has 9 heteroatoms. The number of carbonyl (C=O) groups is 1. The van der Waals surface area contributed by atoms with E-state index < -0.39 is 0 Å². The van der Waals surface area contributed by atoms with Crippen molar-refractivity contribution >= 4 is 35.0 Å². The third-order valence-corrected chi connectivity index (χ3v) is 4.40. The summed E-state index contributed by atoms with van der Waals surface area (Å²) in [6.07, 6.45) is 0. The number of rotatable bonds is 8. The highest BCUT2D eigenvalue weighted by molar-refractivity contribution is 7.99. The maximum Gasteiger partial charge on any atom is 0.277 e. The zero-order valence-corrected chi connectivity index (χ0v) is 15.9. The summed E-state index contributed by atoms with van der Waals surface area (Å²) in [5, 5.41) is 11.5. The molecule has 1 heterocycles. The van der Waals surface area contributed by atoms with E-state index >= 15 is 0 Å². The fourth-order valence-corrected chi connectivity index (χ4v) is 2.80. The summed E-state index contributed by atoms with van der Waals surface area (Å²) in [6.45, 7) is 0.128. The first-order valence-corrected chi connectivity index (χ1v) is 9.27. The summed E-state index contributed by atoms with van der Waals surface area (Å²) >= 11 is 6.96. The van der Waals surface area contributed by atoms with Crippen LogP contribution in [0.4, 0.5) is 5.69 Å². The van der Waals surface area contributed by atoms with Crippen LogP contribution in [0.5, 0.6) is 11.5 Å². The lowest BCUT2D eigenvalue weighted by molar-refractivity contribution is -0.113. The average molecular weight is 406 g/mol. The summed E-state index contributed by atoms with van der Waals surface area (Å²) in [5.74, 6) is 1.47. The second-order valence-corrected chi connectivity index (χ2v) is 6.60. The van der Waals surface area contributed by atoms with Gasteiger partial charge in [0.25, 0.3) is 11.1 Å². The molecule has 0 aliphatic heterocycles. The molecule has 1 amide bonds. The molecule has 1 aromatic heterocycles. The van der Waals surface area contributed by atoms with Gasteiger partial charge in [-0.2, -0.15) is 0 Å². The fraction of sp³-hybridized carbons (Fsp3) is 0.167. The molecule has 3 aromatic rings. The number of thioether (sulfide) groups is 1. The average Bonchev–Trinajstić information content (AvgIpc) is 3.14. The summed E-state index contributed by atoms with van der Waals surface area (Å²) < 4.78 is 16.2. The minimum absolute atomic E-state index is 0.123. The van der Waals surface area contributed by atoms with Crippen molar-refractivity contribution < 1.29 is 18.7 Å². The van der Waals surface area contributed by atoms with E-state index in [0.29, 0.717) is 33.3 Å². The van der Waals surface area contributed by atoms with Crippen LogP contribution >= 0.6 is 23.4 Å². The number of methoxy groups -OCH3 is 1. The van der Waals surface area contributed by atoms with Crippen LogP contribution < -0.4 is 14.8 Å². The highest BCUT2D eigenvalue weighted by Crippen LogP contribution is 2.24. The Bertz CT molecular complexity index is 902. The Morgan fingerprint density at radius 1 is 1.19 bits per heavy atom. The molecule has 0 bridgehead atoms. The Morgan fingerprint density at radius 3 is 2.74 bits per heavy atom. The molecule has 0 radical (unpaired) electrons. The molecule has 0 saturated carbocycles. The van der Waals surface area contributed by atoms with E-state index in [4.69, 9.17) is 25.5 Å². The molecule has 27 heavy (non-hydrogen) atoms. The molecule has 0 unspecified atom stereocenters. The molecular formula is C18H16ClN3O4S. The van der Waals surface area contributed by atoms with E-state index in [1.54, 1.807) is 43.5 Å². The van der Waals surface area contributed by atoms with Gasteiger partial charge >= 0.3 is 0 Å². The maximum atomic E-state index is 12.1. The fourth-order valence-electron chi connectivity index (χ4n) is 2.09. The summed E-state index contributed by atoms with van der Waals surface area (Å²) in [7, 11) is 1.55. The van der Waals surface area contributed by atoms with Gasteiger partial charge in [-0.15, -0.1) is 10.2 Å². The van der Waals surface area contributed by atoms with E-state index in [2.05, 4.69) is 15.5 Å². The molecule has 0 saturated heterocycles. The van der Waals surface area contributed by atoms with Crippen LogP contribution in [0.3, 0.4) is 0 Å². The van der Waals surface area contributed by atoms with Crippen LogP contribution in [0, 0.1) is 0 Å². The van der Waals surface area contributed by atoms with E-state index in [-0.39, 0.29) is 18.3 Å². The number of para-hydroxylation sites is 2. The quantitative estimate of drug-likeness (QED) is 0.566. The summed E-state index contributed by atoms with van der Waals surface area (Å²) in [5.41, 5.74) is 0.605. The normalized spacial score (nSPS) is 10.4. The number of hydrogen-bond donors (Lipinski definition) is 1. The van der Waals surface area contributed by atoms with Crippen molar-refractivity contribution in [2.45, 2.75) is 11.8 Å². The van der Waals surface area contributed by atoms with Crippen molar-refractivity contribution in [3.05, 3.63) is 59.4 Å². The first kappa shape index (κ1) is 19.1. The number of nitrogens with one attached hydrogen (secondary N) is 1. The minimum atomic E-state index is -0.207. The number of benzene rings is 2. The Morgan fingerprint density at radius 2 is 1.96 bits per heavy atom. The molecular weight excluding hydrogens is 390 g/mol. The van der Waals surface area contributed by atoms with Crippen LogP contribution in [0.1, 0.15) is 5.89 Å². The van der Waals surface area contributed by atoms with E-state index in [1.165, 1.54) is 0 Å². The van der Waals surface area contributed by atoms with Crippen LogP contribution in [0.15, 0.2) is 58.2 Å². The molecule has 0 aliphatic rings. The second-order valence-electron chi connectivity index (χ2n) is 5.24. The highest BCUT2D eigenvalue weighted by Gasteiger charge is 2.12. The molecule has 1 N–H and O–H groups in total. The molecule has 0 spiro atoms. The van der Waals surface area contributed by atoms with E-state index in [9.17, 15) is 4.79 Å². The zero-order valence-electron chi connectivity index (χ0n) is 14.3. The van der Waals surface area contributed by atoms with E-state index in [1.807, 2.05) is 12.1 Å². The van der Waals surface area contributed by atoms with Crippen molar-refractivity contribution in [3.63, 3.8) is 0 Å². The van der Waals surface area contributed by atoms with Crippen LogP contribution in [-0.2, 0) is 11.4 Å². The Balaban J connectivity index is 1.47. The van der Waals surface area contributed by atoms with Crippen LogP contribution in [0.2, 0.25) is 5.02 Å². The number of hydrogen-bond acceptors (Lipinski definition) is 7. The first-order chi connectivity index (χ1) is 13.1. The number of aromatic nitrogens is 2. The monoisotopic (exact) mass is 405 g/mol. The lowest BCUT2D eigenvalue weighted by Crippen LogP contribution is -2.14. The van der Waals surface area contributed by atoms with Gasteiger partial charge < -0.3 is 19.2 Å². The molecule has 0 atom stereocenters. The van der Waals surface area contributed by atoms with Gasteiger partial charge in [-0.1, -0.05) is 35.5 Å². The molecule has 140 valence electrons. The third kappa shape index (κ3) is 5.63. The topological polar surface area (TPSA) is 86.5 Å². The number of anilines is 1. The predicted octanol–water partition coefficient (Wildman–Crippen LogP) is 4.04. The number of carbonyl (C=O) groups excluding carboxylic acids is 1. The Kier molecular flexibility index (Phi) is 6.56. The first-order valence-electron chi connectivity index (χ1n) is 7.90. The SMILES string of the molecule is COc1ccccc1NC(=O)CSc1nnc(COc2ccc(Cl)cc2)o1. The smallest absolute Gasteiger partial charge is 0.277 e. The minimum Gasteiger partial charge on any atom is -0.495 e. The van der Waals surface area contributed by atoms with E-state index in [0.717, 1.165) is 11.8 Å². The van der Waals surface area contributed by atoms with Crippen molar-refractivity contribution in [1.29, 1.82) is 0 Å². The van der Waals surface area contributed by atoms with Crippen molar-refractivity contribution in [1.82, 2.24) is 10.2 Å². The lowest BCUT2D eigenvalue weighted by atomic mass is 10.3. The third-order valence-electron chi connectivity index (χ3n) is 3.33. The molecule has 0 aliphatic carbocycles. The number of amides is 1. The van der Waals surface area contributed by atoms with Gasteiger partial charge in [0, 0.05) is 5.02 Å². The second kappa shape index (κ2) is 9.29. The van der Waals surface area contributed by atoms with Crippen LogP contribution in [-0.4, -0.2) is 29.0 Å². The summed E-state index contributed by atoms with van der Waals surface area (Å²) in [4.78, 5) is 12.1. The maximum absolute atomic E-state index is 12.1. The van der Waals surface area contributed by atoms with Crippen LogP contribution in [0.25, 0.3) is 0 Å². The van der Waals surface area contributed by atoms with Gasteiger partial charge in [0.15, 0.2) is 6.61 Å². The molecule has 3 rings (SSSR count). The molecule has 2 aromatic carbocycles. The molecule has 0 fully saturated rings. The largest absolute Gasteiger partial charge is 0.495 e. The van der Waals surface area contributed by atoms with Gasteiger partial charge in [0.1, 0.15) is 11.5 Å². The molecule has 7 nitrogen and oxygen atoms in total. The lowest BCUT2D eigenvalue weighted by Gasteiger charge is -2.08. The Hall–Kier alpha value is -2.71. The van der Waals surface area contributed by atoms with Gasteiger partial charge in [-0.05, 0) is 36.4 Å². The Labute approximate surface area is 165 Å². The number of ether oxygens (including phenoxy) is 2. The zero-order chi connectivity index (χ0) is 19.1. The van der Waals surface area contributed by atoms with Crippen molar-refractivity contribution in [2.24, 2.45) is 0 Å². The number of nitrogens with zero attached hydrogens (tertiary/aromatic N) is 2. The van der Waals surface area contributed by atoms with Gasteiger partial charge in [-0.3, -0.25) is 4.79 Å². The predicted molar refractivity (Wildman–Crippen MR) is 102 cm³/mol. The standard InChI is InChI=1S/C18H16ClN3O4S/c1-24-15-5-3-2-4-14(15)20-16(23)11-27-18-22-21-17(26-18)10-25-13-8-6-12(19)7-9-13/h2-9H,10-11H2,1H3,(H,20,23). The highest BCUT2D eigenvalue weighted by atomic mass is 35.5. The van der Waals surface area contributed by atoms with Gasteiger partial charge in [0.2, 0.25) is 5.91 Å². The van der Waals surface area contributed by atoms with Crippen molar-refractivity contribution in [3.8, 4) is 11.5 Å². The van der Waals surface area contributed by atoms with Crippen molar-refractivity contribution in [2.75, 3.05) is 18.2 Å².